The van der Waals surface area contributed by atoms with Gasteiger partial charge in [-0.3, -0.25) is 0 Å². The predicted molar refractivity (Wildman–Crippen MR) is 21.0 cm³/mol. The fraction of sp³-hybridized carbons (Fsp3) is 0. The molecule has 0 aromatic rings. The first-order valence-corrected chi connectivity index (χ1v) is 3.05. The molecule has 0 aliphatic rings. The van der Waals surface area contributed by atoms with Gasteiger partial charge in [0.25, 0.3) is 12.5 Å². The number of hydrogen-bond acceptors (Lipinski definition) is 6. The third kappa shape index (κ3) is 5.90. The molecule has 0 bridgehead atoms. The van der Waals surface area contributed by atoms with E-state index in [9.17, 15) is 9.46 Å². The van der Waals surface area contributed by atoms with Crippen LogP contribution < -0.4 is 34.5 Å². The van der Waals surface area contributed by atoms with Crippen molar-refractivity contribution in [3.8, 4) is 12.5 Å². The molecule has 8 heteroatoms. The molecule has 0 rings (SSSR count). The molecule has 0 aliphatic carbocycles. The van der Waals surface area contributed by atoms with E-state index in [1.165, 1.54) is 0 Å². The van der Waals surface area contributed by atoms with Gasteiger partial charge in [-0.1, -0.05) is 0 Å². The normalized spacial score (nSPS) is 7.90. The van der Waals surface area contributed by atoms with Crippen molar-refractivity contribution in [3.05, 3.63) is 0 Å². The molecule has 0 fully saturated rings. The van der Waals surface area contributed by atoms with Crippen LogP contribution in [0.5, 0.6) is 0 Å². The van der Waals surface area contributed by atoms with E-state index in [4.69, 9.17) is 10.5 Å². The Labute approximate surface area is 78.9 Å². The summed E-state index contributed by atoms with van der Waals surface area (Å²) in [6.45, 7) is 0. The van der Waals surface area contributed by atoms with Crippen LogP contribution in [0.3, 0.4) is 0 Å². The first-order chi connectivity index (χ1) is 4.12. The SMILES string of the molecule is N#COP(=O)([O-])OC#N.[Na+]. The molecule has 10 heavy (non-hydrogen) atoms. The minimum Gasteiger partial charge on any atom is -0.735 e. The van der Waals surface area contributed by atoms with Crippen molar-refractivity contribution >= 4 is 7.82 Å². The average Bonchev–Trinajstić information content (AvgIpc) is 1.64. The van der Waals surface area contributed by atoms with Crippen molar-refractivity contribution in [3.63, 3.8) is 0 Å². The smallest absolute Gasteiger partial charge is 0.735 e. The van der Waals surface area contributed by atoms with E-state index in [0.29, 0.717) is 0 Å². The second-order valence-corrected chi connectivity index (χ2v) is 2.07. The molecule has 0 aliphatic heterocycles. The van der Waals surface area contributed by atoms with Gasteiger partial charge in [-0.25, -0.2) is 4.57 Å². The Kier molecular flexibility index (Phi) is 6.90. The van der Waals surface area contributed by atoms with Crippen LogP contribution in [0.4, 0.5) is 0 Å². The zero-order chi connectivity index (χ0) is 7.33. The van der Waals surface area contributed by atoms with E-state index in [1.807, 2.05) is 0 Å². The molecule has 0 aromatic carbocycles. The van der Waals surface area contributed by atoms with E-state index in [-0.39, 0.29) is 29.6 Å². The molecular formula is C2N2NaO4P. The Morgan fingerprint density at radius 1 is 1.30 bits per heavy atom. The molecule has 0 saturated heterocycles. The second kappa shape index (κ2) is 5.55. The molecule has 0 unspecified atom stereocenters. The van der Waals surface area contributed by atoms with E-state index >= 15 is 0 Å². The predicted octanol–water partition coefficient (Wildman–Crippen LogP) is -3.55. The molecule has 0 N–H and O–H groups in total. The van der Waals surface area contributed by atoms with Gasteiger partial charge in [0.05, 0.1) is 0 Å². The molecule has 0 amide bonds. The van der Waals surface area contributed by atoms with E-state index in [0.717, 1.165) is 12.5 Å². The van der Waals surface area contributed by atoms with Crippen LogP contribution in [0, 0.1) is 23.0 Å². The summed E-state index contributed by atoms with van der Waals surface area (Å²) in [5, 5.41) is 15.2. The van der Waals surface area contributed by atoms with Gasteiger partial charge in [0.2, 0.25) is 0 Å². The van der Waals surface area contributed by atoms with Gasteiger partial charge < -0.3 is 13.9 Å². The van der Waals surface area contributed by atoms with Gasteiger partial charge in [0, 0.05) is 0 Å². The third-order valence-corrected chi connectivity index (χ3v) is 0.916. The Morgan fingerprint density at radius 2 is 1.60 bits per heavy atom. The number of rotatable bonds is 2. The molecule has 6 nitrogen and oxygen atoms in total. The van der Waals surface area contributed by atoms with Gasteiger partial charge in [0.15, 0.2) is 0 Å². The molecule has 0 radical (unpaired) electrons. The van der Waals surface area contributed by atoms with Crippen LogP contribution in [0.1, 0.15) is 0 Å². The fourth-order valence-electron chi connectivity index (χ4n) is 0.119. The van der Waals surface area contributed by atoms with Crippen molar-refractivity contribution in [1.29, 1.82) is 10.5 Å². The van der Waals surface area contributed by atoms with Gasteiger partial charge in [0.1, 0.15) is 0 Å². The molecule has 0 heterocycles. The minimum atomic E-state index is -4.66. The number of nitriles is 2. The number of phosphoric acid groups is 1. The summed E-state index contributed by atoms with van der Waals surface area (Å²) >= 11 is 0. The zero-order valence-corrected chi connectivity index (χ0v) is 7.87. The van der Waals surface area contributed by atoms with Crippen molar-refractivity contribution in [2.24, 2.45) is 0 Å². The summed E-state index contributed by atoms with van der Waals surface area (Å²) in [4.78, 5) is 9.97. The monoisotopic (exact) mass is 170 g/mol. The molecule has 0 spiro atoms. The number of phosphoric ester groups is 1. The van der Waals surface area contributed by atoms with Crippen LogP contribution in [0.25, 0.3) is 0 Å². The summed E-state index contributed by atoms with van der Waals surface area (Å²) in [5.41, 5.74) is 0. The van der Waals surface area contributed by atoms with E-state index in [2.05, 4.69) is 9.05 Å². The molecule has 48 valence electrons. The Morgan fingerprint density at radius 3 is 1.80 bits per heavy atom. The van der Waals surface area contributed by atoms with E-state index < -0.39 is 7.82 Å². The molecule has 0 saturated carbocycles. The van der Waals surface area contributed by atoms with Gasteiger partial charge in [-0.05, 0) is 0 Å². The second-order valence-electron chi connectivity index (χ2n) is 0.812. The number of hydrogen-bond donors (Lipinski definition) is 0. The van der Waals surface area contributed by atoms with Crippen LogP contribution in [0.2, 0.25) is 0 Å². The zero-order valence-electron chi connectivity index (χ0n) is 4.97. The summed E-state index contributed by atoms with van der Waals surface area (Å²) in [7, 11) is -4.66. The third-order valence-electron chi connectivity index (χ3n) is 0.305. The maximum Gasteiger partial charge on any atom is 1.00 e. The van der Waals surface area contributed by atoms with Crippen LogP contribution >= 0.6 is 7.82 Å². The van der Waals surface area contributed by atoms with Crippen LogP contribution in [-0.4, -0.2) is 0 Å². The Hall–Kier alpha value is -0.230. The van der Waals surface area contributed by atoms with Gasteiger partial charge in [-0.2, -0.15) is 0 Å². The Balaban J connectivity index is 0. The fourth-order valence-corrected chi connectivity index (χ4v) is 0.356. The average molecular weight is 170 g/mol. The summed E-state index contributed by atoms with van der Waals surface area (Å²) in [5.74, 6) is 0. The van der Waals surface area contributed by atoms with Crippen molar-refractivity contribution in [2.45, 2.75) is 0 Å². The first kappa shape index (κ1) is 12.4. The van der Waals surface area contributed by atoms with Crippen molar-refractivity contribution < 1.29 is 48.1 Å². The summed E-state index contributed by atoms with van der Waals surface area (Å²) in [6.07, 6.45) is 1.68. The minimum absolute atomic E-state index is 0. The van der Waals surface area contributed by atoms with Crippen LogP contribution in [0.15, 0.2) is 0 Å². The molecular weight excluding hydrogens is 170 g/mol. The van der Waals surface area contributed by atoms with Gasteiger partial charge in [-0.15, -0.1) is 10.5 Å². The quantitative estimate of drug-likeness (QED) is 0.241. The summed E-state index contributed by atoms with van der Waals surface area (Å²) < 4.78 is 16.6. The maximum atomic E-state index is 9.97. The molecule has 0 atom stereocenters. The summed E-state index contributed by atoms with van der Waals surface area (Å²) in [6, 6.07) is 0. The first-order valence-electron chi connectivity index (χ1n) is 1.59. The maximum absolute atomic E-state index is 9.97. The van der Waals surface area contributed by atoms with Crippen molar-refractivity contribution in [1.82, 2.24) is 0 Å². The van der Waals surface area contributed by atoms with Gasteiger partial charge >= 0.3 is 37.4 Å². The van der Waals surface area contributed by atoms with Crippen molar-refractivity contribution in [2.75, 3.05) is 0 Å². The topological polar surface area (TPSA) is 106 Å². The standard InChI is InChI=1S/C2HN2O4P.Na/c3-1-7-9(5,6)8-2-4;/h(H,5,6);/q;+1/p-1. The number of nitrogens with zero attached hydrogens (tertiary/aromatic N) is 2. The molecule has 0 aromatic heterocycles. The Bertz CT molecular complexity index is 196. The van der Waals surface area contributed by atoms with Crippen LogP contribution in [-0.2, 0) is 13.6 Å². The largest absolute Gasteiger partial charge is 1.00 e. The van der Waals surface area contributed by atoms with E-state index in [1.54, 1.807) is 0 Å².